The maximum absolute atomic E-state index is 12.6. The van der Waals surface area contributed by atoms with Gasteiger partial charge >= 0.3 is 0 Å². The van der Waals surface area contributed by atoms with E-state index in [0.29, 0.717) is 18.0 Å². The molecule has 2 rings (SSSR count). The summed E-state index contributed by atoms with van der Waals surface area (Å²) in [5.41, 5.74) is 2.23. The molecule has 0 bridgehead atoms. The molecule has 23 heavy (non-hydrogen) atoms. The number of benzene rings is 1. The topological polar surface area (TPSA) is 62.7 Å². The van der Waals surface area contributed by atoms with Crippen molar-refractivity contribution in [3.63, 3.8) is 0 Å². The van der Waals surface area contributed by atoms with Crippen molar-refractivity contribution in [2.45, 2.75) is 20.0 Å². The number of aliphatic hydroxyl groups is 1. The van der Waals surface area contributed by atoms with E-state index in [9.17, 15) is 9.90 Å². The molecule has 0 saturated carbocycles. The second-order valence-corrected chi connectivity index (χ2v) is 5.35. The van der Waals surface area contributed by atoms with Crippen molar-refractivity contribution in [3.05, 3.63) is 59.4 Å². The number of carbonyl (C=O) groups excluding carboxylic acids is 1. The van der Waals surface area contributed by atoms with Crippen LogP contribution in [0.25, 0.3) is 0 Å². The third-order valence-electron chi connectivity index (χ3n) is 3.71. The zero-order valence-electron chi connectivity index (χ0n) is 13.7. The highest BCUT2D eigenvalue weighted by Gasteiger charge is 2.20. The van der Waals surface area contributed by atoms with Crippen LogP contribution in [0.1, 0.15) is 34.6 Å². The first-order valence-corrected chi connectivity index (χ1v) is 7.59. The molecule has 0 aliphatic rings. The molecule has 1 amide bonds. The van der Waals surface area contributed by atoms with E-state index in [1.165, 1.54) is 6.20 Å². The van der Waals surface area contributed by atoms with Gasteiger partial charge in [0.05, 0.1) is 19.8 Å². The number of methoxy groups -OCH3 is 1. The van der Waals surface area contributed by atoms with Gasteiger partial charge in [0.1, 0.15) is 11.4 Å². The highest BCUT2D eigenvalue weighted by Crippen LogP contribution is 2.17. The van der Waals surface area contributed by atoms with Crippen LogP contribution in [0.15, 0.2) is 42.6 Å². The Morgan fingerprint density at radius 3 is 2.61 bits per heavy atom. The number of likely N-dealkylation sites (N-methyl/N-ethyl adjacent to an activating group) is 1. The Hall–Kier alpha value is -2.40. The van der Waals surface area contributed by atoms with Crippen LogP contribution in [0.5, 0.6) is 5.75 Å². The largest absolute Gasteiger partial charge is 0.497 e. The van der Waals surface area contributed by atoms with E-state index in [0.717, 1.165) is 11.1 Å². The van der Waals surface area contributed by atoms with E-state index in [2.05, 4.69) is 4.98 Å². The maximum atomic E-state index is 12.6. The fourth-order valence-electron chi connectivity index (χ4n) is 2.28. The molecule has 0 radical (unpaired) electrons. The zero-order chi connectivity index (χ0) is 16.8. The molecule has 1 atom stereocenters. The number of hydrogen-bond acceptors (Lipinski definition) is 4. The highest BCUT2D eigenvalue weighted by molar-refractivity contribution is 5.92. The van der Waals surface area contributed by atoms with Gasteiger partial charge in [-0.1, -0.05) is 29.8 Å². The summed E-state index contributed by atoms with van der Waals surface area (Å²) in [6.07, 6.45) is 0.807. The second kappa shape index (κ2) is 7.74. The first kappa shape index (κ1) is 17.0. The van der Waals surface area contributed by atoms with Crippen molar-refractivity contribution in [1.29, 1.82) is 0 Å². The summed E-state index contributed by atoms with van der Waals surface area (Å²) < 4.78 is 5.12. The van der Waals surface area contributed by atoms with E-state index in [4.69, 9.17) is 4.74 Å². The molecule has 1 heterocycles. The quantitative estimate of drug-likeness (QED) is 0.890. The summed E-state index contributed by atoms with van der Waals surface area (Å²) in [6, 6.07) is 10.9. The third-order valence-corrected chi connectivity index (χ3v) is 3.71. The lowest BCUT2D eigenvalue weighted by Crippen LogP contribution is -2.35. The smallest absolute Gasteiger partial charge is 0.272 e. The van der Waals surface area contributed by atoms with Crippen molar-refractivity contribution >= 4 is 5.91 Å². The average molecular weight is 314 g/mol. The van der Waals surface area contributed by atoms with Gasteiger partial charge in [0.2, 0.25) is 0 Å². The molecular formula is C18H22N2O3. The predicted octanol–water partition coefficient (Wildman–Crippen LogP) is 2.59. The molecule has 1 aromatic heterocycles. The van der Waals surface area contributed by atoms with Crippen LogP contribution >= 0.6 is 0 Å². The molecular weight excluding hydrogens is 292 g/mol. The lowest BCUT2D eigenvalue weighted by atomic mass is 10.1. The number of nitrogens with zero attached hydrogens (tertiary/aromatic N) is 2. The van der Waals surface area contributed by atoms with Crippen LogP contribution in [-0.2, 0) is 0 Å². The first-order valence-electron chi connectivity index (χ1n) is 7.59. The number of ether oxygens (including phenoxy) is 1. The minimum absolute atomic E-state index is 0.220. The number of pyridine rings is 1. The monoisotopic (exact) mass is 314 g/mol. The van der Waals surface area contributed by atoms with Crippen molar-refractivity contribution in [2.75, 3.05) is 20.2 Å². The van der Waals surface area contributed by atoms with Gasteiger partial charge in [-0.25, -0.2) is 0 Å². The van der Waals surface area contributed by atoms with Gasteiger partial charge in [0.25, 0.3) is 5.91 Å². The van der Waals surface area contributed by atoms with Crippen LogP contribution in [0, 0.1) is 6.92 Å². The average Bonchev–Trinajstić information content (AvgIpc) is 2.59. The molecule has 0 spiro atoms. The van der Waals surface area contributed by atoms with Crippen LogP contribution in [0.2, 0.25) is 0 Å². The molecule has 122 valence electrons. The van der Waals surface area contributed by atoms with Crippen LogP contribution in [0.3, 0.4) is 0 Å². The van der Waals surface area contributed by atoms with Crippen LogP contribution in [-0.4, -0.2) is 41.1 Å². The number of carbonyl (C=O) groups is 1. The van der Waals surface area contributed by atoms with Gasteiger partial charge in [-0.3, -0.25) is 9.78 Å². The fraction of sp³-hybridized carbons (Fsp3) is 0.333. The predicted molar refractivity (Wildman–Crippen MR) is 88.5 cm³/mol. The molecule has 0 fully saturated rings. The Balaban J connectivity index is 2.12. The van der Waals surface area contributed by atoms with Gasteiger partial charge < -0.3 is 14.7 Å². The van der Waals surface area contributed by atoms with Crippen molar-refractivity contribution in [2.24, 2.45) is 0 Å². The molecule has 5 nitrogen and oxygen atoms in total. The summed E-state index contributed by atoms with van der Waals surface area (Å²) in [4.78, 5) is 18.2. The Labute approximate surface area is 136 Å². The van der Waals surface area contributed by atoms with Gasteiger partial charge in [-0.2, -0.15) is 0 Å². The number of amides is 1. The normalized spacial score (nSPS) is 11.8. The highest BCUT2D eigenvalue weighted by atomic mass is 16.5. The Morgan fingerprint density at radius 1 is 1.30 bits per heavy atom. The van der Waals surface area contributed by atoms with E-state index >= 15 is 0 Å². The number of rotatable bonds is 6. The summed E-state index contributed by atoms with van der Waals surface area (Å²) in [5, 5.41) is 10.4. The Bertz CT molecular complexity index is 656. The standard InChI is InChI=1S/C18H22N2O3/c1-4-20(12-17(21)14-7-5-13(2)6-8-14)18(22)16-11-15(23-3)9-10-19-16/h5-11,17,21H,4,12H2,1-3H3. The second-order valence-electron chi connectivity index (χ2n) is 5.35. The van der Waals surface area contributed by atoms with Crippen LogP contribution in [0.4, 0.5) is 0 Å². The van der Waals surface area contributed by atoms with E-state index < -0.39 is 6.10 Å². The van der Waals surface area contributed by atoms with E-state index in [-0.39, 0.29) is 12.5 Å². The van der Waals surface area contributed by atoms with Gasteiger partial charge in [-0.05, 0) is 25.5 Å². The van der Waals surface area contributed by atoms with Gasteiger partial charge in [0.15, 0.2) is 0 Å². The minimum atomic E-state index is -0.731. The van der Waals surface area contributed by atoms with Crippen LogP contribution < -0.4 is 4.74 Å². The summed E-state index contributed by atoms with van der Waals surface area (Å²) in [7, 11) is 1.54. The van der Waals surface area contributed by atoms with Gasteiger partial charge in [-0.15, -0.1) is 0 Å². The molecule has 5 heteroatoms. The lowest BCUT2D eigenvalue weighted by molar-refractivity contribution is 0.0629. The van der Waals surface area contributed by atoms with Gasteiger partial charge in [0, 0.05) is 18.8 Å². The number of hydrogen-bond donors (Lipinski definition) is 1. The minimum Gasteiger partial charge on any atom is -0.497 e. The molecule has 2 aromatic rings. The zero-order valence-corrected chi connectivity index (χ0v) is 13.7. The number of aryl methyl sites for hydroxylation is 1. The summed E-state index contributed by atoms with van der Waals surface area (Å²) in [5.74, 6) is 0.357. The number of aromatic nitrogens is 1. The van der Waals surface area contributed by atoms with E-state index in [1.54, 1.807) is 24.1 Å². The fourth-order valence-corrected chi connectivity index (χ4v) is 2.28. The number of aliphatic hydroxyl groups excluding tert-OH is 1. The summed E-state index contributed by atoms with van der Waals surface area (Å²) in [6.45, 7) is 4.57. The molecule has 1 aromatic carbocycles. The Morgan fingerprint density at radius 2 is 2.00 bits per heavy atom. The molecule has 0 aliphatic heterocycles. The molecule has 0 saturated heterocycles. The maximum Gasteiger partial charge on any atom is 0.272 e. The SMILES string of the molecule is CCN(CC(O)c1ccc(C)cc1)C(=O)c1cc(OC)ccn1. The summed E-state index contributed by atoms with van der Waals surface area (Å²) >= 11 is 0. The third kappa shape index (κ3) is 4.29. The van der Waals surface area contributed by atoms with E-state index in [1.807, 2.05) is 38.1 Å². The molecule has 1 N–H and O–H groups in total. The molecule has 1 unspecified atom stereocenters. The lowest BCUT2D eigenvalue weighted by Gasteiger charge is -2.24. The van der Waals surface area contributed by atoms with Crippen molar-refractivity contribution < 1.29 is 14.6 Å². The first-order chi connectivity index (χ1) is 11.0. The van der Waals surface area contributed by atoms with Crippen molar-refractivity contribution in [3.8, 4) is 5.75 Å². The molecule has 0 aliphatic carbocycles. The Kier molecular flexibility index (Phi) is 5.71. The van der Waals surface area contributed by atoms with Crippen molar-refractivity contribution in [1.82, 2.24) is 9.88 Å².